The van der Waals surface area contributed by atoms with E-state index >= 15 is 0 Å². The Kier molecular flexibility index (Phi) is 5.63. The average Bonchev–Trinajstić information content (AvgIpc) is 2.26. The van der Waals surface area contributed by atoms with E-state index in [1.165, 1.54) is 12.1 Å². The molecule has 1 rings (SSSR count). The average molecular weight is 284 g/mol. The molecule has 0 saturated heterocycles. The van der Waals surface area contributed by atoms with Crippen LogP contribution in [0.2, 0.25) is 5.02 Å². The molecule has 0 aliphatic rings. The maximum Gasteiger partial charge on any atom is 0.251 e. The molecule has 0 aliphatic heterocycles. The van der Waals surface area contributed by atoms with Crippen molar-refractivity contribution in [1.29, 1.82) is 0 Å². The van der Waals surface area contributed by atoms with Crippen LogP contribution in [0, 0.1) is 0 Å². The van der Waals surface area contributed by atoms with Crippen LogP contribution in [0.15, 0.2) is 18.2 Å². The summed E-state index contributed by atoms with van der Waals surface area (Å²) >= 11 is 5.81. The second-order valence-electron chi connectivity index (χ2n) is 4.50. The van der Waals surface area contributed by atoms with Crippen LogP contribution in [-0.4, -0.2) is 24.4 Å². The summed E-state index contributed by atoms with van der Waals surface area (Å²) in [5.74, 6) is -0.396. The first-order valence-electron chi connectivity index (χ1n) is 6.02. The molecule has 19 heavy (non-hydrogen) atoms. The number of rotatable bonds is 5. The van der Waals surface area contributed by atoms with Gasteiger partial charge in [0.15, 0.2) is 0 Å². The lowest BCUT2D eigenvalue weighted by molar-refractivity contribution is -0.121. The van der Waals surface area contributed by atoms with Crippen molar-refractivity contribution in [2.24, 2.45) is 0 Å². The van der Waals surface area contributed by atoms with Gasteiger partial charge in [-0.05, 0) is 32.0 Å². The van der Waals surface area contributed by atoms with Crippen LogP contribution in [0.1, 0.15) is 30.6 Å². The Balaban J connectivity index is 2.45. The van der Waals surface area contributed by atoms with Crippen LogP contribution >= 0.6 is 11.6 Å². The van der Waals surface area contributed by atoms with Gasteiger partial charge in [-0.1, -0.05) is 11.6 Å². The summed E-state index contributed by atoms with van der Waals surface area (Å²) in [5.41, 5.74) is 6.41. The van der Waals surface area contributed by atoms with Gasteiger partial charge in [-0.2, -0.15) is 0 Å². The van der Waals surface area contributed by atoms with Gasteiger partial charge in [-0.3, -0.25) is 9.59 Å². The Hall–Kier alpha value is -1.75. The molecule has 0 radical (unpaired) electrons. The zero-order valence-electron chi connectivity index (χ0n) is 11.0. The lowest BCUT2D eigenvalue weighted by atomic mass is 10.2. The first kappa shape index (κ1) is 15.3. The van der Waals surface area contributed by atoms with Crippen molar-refractivity contribution in [2.45, 2.75) is 26.3 Å². The van der Waals surface area contributed by atoms with Gasteiger partial charge in [0.1, 0.15) is 0 Å². The van der Waals surface area contributed by atoms with Crippen LogP contribution in [0.4, 0.5) is 5.69 Å². The highest BCUT2D eigenvalue weighted by atomic mass is 35.5. The summed E-state index contributed by atoms with van der Waals surface area (Å²) in [6.45, 7) is 4.03. The van der Waals surface area contributed by atoms with Gasteiger partial charge in [0, 0.05) is 35.3 Å². The maximum absolute atomic E-state index is 11.8. The molecule has 4 N–H and O–H groups in total. The zero-order valence-corrected chi connectivity index (χ0v) is 11.8. The zero-order chi connectivity index (χ0) is 14.4. The van der Waals surface area contributed by atoms with Crippen molar-refractivity contribution in [1.82, 2.24) is 10.6 Å². The monoisotopic (exact) mass is 283 g/mol. The Labute approximate surface area is 117 Å². The van der Waals surface area contributed by atoms with Crippen LogP contribution in [0.25, 0.3) is 0 Å². The van der Waals surface area contributed by atoms with Gasteiger partial charge in [0.25, 0.3) is 5.91 Å². The van der Waals surface area contributed by atoms with Crippen LogP contribution in [0.5, 0.6) is 0 Å². The van der Waals surface area contributed by atoms with Gasteiger partial charge in [0.05, 0.1) is 0 Å². The van der Waals surface area contributed by atoms with E-state index in [9.17, 15) is 9.59 Å². The fourth-order valence-corrected chi connectivity index (χ4v) is 1.77. The molecule has 2 amide bonds. The number of nitrogens with two attached hydrogens (primary N) is 1. The van der Waals surface area contributed by atoms with Crippen molar-refractivity contribution in [3.63, 3.8) is 0 Å². The highest BCUT2D eigenvalue weighted by Crippen LogP contribution is 2.16. The summed E-state index contributed by atoms with van der Waals surface area (Å²) in [6.07, 6.45) is 0.236. The number of hydrogen-bond donors (Lipinski definition) is 3. The number of nitrogens with one attached hydrogen (secondary N) is 2. The molecular formula is C13H18ClN3O2. The van der Waals surface area contributed by atoms with E-state index in [1.54, 1.807) is 6.07 Å². The Bertz CT molecular complexity index is 455. The SMILES string of the molecule is CC(C)NC(=O)CCNC(=O)c1cc(N)cc(Cl)c1. The first-order chi connectivity index (χ1) is 8.88. The van der Waals surface area contributed by atoms with Crippen molar-refractivity contribution in [3.8, 4) is 0 Å². The predicted molar refractivity (Wildman–Crippen MR) is 76.1 cm³/mol. The largest absolute Gasteiger partial charge is 0.399 e. The van der Waals surface area contributed by atoms with Gasteiger partial charge in [-0.15, -0.1) is 0 Å². The molecule has 0 aromatic heterocycles. The van der Waals surface area contributed by atoms with Crippen LogP contribution in [0.3, 0.4) is 0 Å². The van der Waals surface area contributed by atoms with E-state index < -0.39 is 0 Å². The Morgan fingerprint density at radius 1 is 1.32 bits per heavy atom. The summed E-state index contributed by atoms with van der Waals surface area (Å²) in [5, 5.41) is 5.79. The number of nitrogen functional groups attached to an aromatic ring is 1. The molecular weight excluding hydrogens is 266 g/mol. The fraction of sp³-hybridized carbons (Fsp3) is 0.385. The second-order valence-corrected chi connectivity index (χ2v) is 4.94. The molecule has 0 unspecified atom stereocenters. The molecule has 1 aromatic carbocycles. The van der Waals surface area contributed by atoms with Crippen molar-refractivity contribution in [2.75, 3.05) is 12.3 Å². The molecule has 0 aliphatic carbocycles. The molecule has 0 heterocycles. The van der Waals surface area contributed by atoms with E-state index in [2.05, 4.69) is 10.6 Å². The lowest BCUT2D eigenvalue weighted by Gasteiger charge is -2.09. The van der Waals surface area contributed by atoms with Crippen LogP contribution < -0.4 is 16.4 Å². The third-order valence-electron chi connectivity index (χ3n) is 2.27. The minimum atomic E-state index is -0.299. The van der Waals surface area contributed by atoms with Gasteiger partial charge >= 0.3 is 0 Å². The van der Waals surface area contributed by atoms with Gasteiger partial charge in [0.2, 0.25) is 5.91 Å². The van der Waals surface area contributed by atoms with Gasteiger partial charge in [-0.25, -0.2) is 0 Å². The molecule has 0 saturated carbocycles. The lowest BCUT2D eigenvalue weighted by Crippen LogP contribution is -2.34. The molecule has 0 fully saturated rings. The molecule has 1 aromatic rings. The van der Waals surface area contributed by atoms with E-state index in [-0.39, 0.29) is 30.8 Å². The highest BCUT2D eigenvalue weighted by Gasteiger charge is 2.08. The molecule has 104 valence electrons. The predicted octanol–water partition coefficient (Wildman–Crippen LogP) is 1.57. The minimum Gasteiger partial charge on any atom is -0.399 e. The number of carbonyl (C=O) groups is 2. The summed E-state index contributed by atoms with van der Waals surface area (Å²) < 4.78 is 0. The summed E-state index contributed by atoms with van der Waals surface area (Å²) in [6, 6.07) is 4.72. The summed E-state index contributed by atoms with van der Waals surface area (Å²) in [7, 11) is 0. The highest BCUT2D eigenvalue weighted by molar-refractivity contribution is 6.31. The third kappa shape index (κ3) is 5.61. The topological polar surface area (TPSA) is 84.2 Å². The Morgan fingerprint density at radius 2 is 2.00 bits per heavy atom. The fourth-order valence-electron chi connectivity index (χ4n) is 1.53. The minimum absolute atomic E-state index is 0.0935. The summed E-state index contributed by atoms with van der Waals surface area (Å²) in [4.78, 5) is 23.2. The van der Waals surface area contributed by atoms with E-state index in [1.807, 2.05) is 13.8 Å². The number of amides is 2. The van der Waals surface area contributed by atoms with Crippen LogP contribution in [-0.2, 0) is 4.79 Å². The van der Waals surface area contributed by atoms with Crippen molar-refractivity contribution in [3.05, 3.63) is 28.8 Å². The number of benzene rings is 1. The van der Waals surface area contributed by atoms with Crippen molar-refractivity contribution >= 4 is 29.1 Å². The van der Waals surface area contributed by atoms with E-state index in [4.69, 9.17) is 17.3 Å². The molecule has 0 bridgehead atoms. The molecule has 0 spiro atoms. The normalized spacial score (nSPS) is 10.3. The van der Waals surface area contributed by atoms with E-state index in [0.717, 1.165) is 0 Å². The number of halogens is 1. The van der Waals surface area contributed by atoms with Gasteiger partial charge < -0.3 is 16.4 Å². The molecule has 6 heteroatoms. The number of anilines is 1. The smallest absolute Gasteiger partial charge is 0.251 e. The second kappa shape index (κ2) is 6.99. The number of carbonyl (C=O) groups excluding carboxylic acids is 2. The third-order valence-corrected chi connectivity index (χ3v) is 2.49. The maximum atomic E-state index is 11.8. The van der Waals surface area contributed by atoms with Crippen molar-refractivity contribution < 1.29 is 9.59 Å². The standard InChI is InChI=1S/C13H18ClN3O2/c1-8(2)17-12(18)3-4-16-13(19)9-5-10(14)7-11(15)6-9/h5-8H,3-4,15H2,1-2H3,(H,16,19)(H,17,18). The van der Waals surface area contributed by atoms with E-state index in [0.29, 0.717) is 16.3 Å². The number of hydrogen-bond acceptors (Lipinski definition) is 3. The quantitative estimate of drug-likeness (QED) is 0.717. The Morgan fingerprint density at radius 3 is 2.58 bits per heavy atom. The molecule has 0 atom stereocenters. The first-order valence-corrected chi connectivity index (χ1v) is 6.40. The molecule has 5 nitrogen and oxygen atoms in total.